The third-order valence-corrected chi connectivity index (χ3v) is 14.6. The normalized spacial score (nSPS) is 12.0. The Hall–Kier alpha value is -2.84. The SMILES string of the molecule is CCCCCCCCOc1c2cc3cc(-c4sc(C)c5cc(OCC)sc45)sc3cc2c(OCCCCCCCC)c2cc3cc(C)sc3cc12. The molecule has 270 valence electrons. The van der Waals surface area contributed by atoms with Crippen LogP contribution in [0.25, 0.3) is 61.6 Å². The standard InChI is InChI=1S/C44H52O3S4/c1-6-9-11-13-15-17-19-46-41-33-22-30-21-28(4)48-37(30)25-35(33)42(47-20-18-16-14-12-10-7-2)34-23-31-24-39(50-38(31)26-36(34)41)44-43-32(29(5)49-44)27-40(51-43)45-8-3/h21-27H,6-20H2,1-5H3. The van der Waals surface area contributed by atoms with Gasteiger partial charge in [-0.3, -0.25) is 0 Å². The van der Waals surface area contributed by atoms with Crippen LogP contribution in [0.1, 0.15) is 108 Å². The van der Waals surface area contributed by atoms with Crippen LogP contribution in [0.2, 0.25) is 0 Å². The third kappa shape index (κ3) is 7.93. The second-order valence-electron chi connectivity index (χ2n) is 14.0. The summed E-state index contributed by atoms with van der Waals surface area (Å²) >= 11 is 7.44. The van der Waals surface area contributed by atoms with Crippen molar-refractivity contribution >= 4 is 97.2 Å². The smallest absolute Gasteiger partial charge is 0.174 e. The Morgan fingerprint density at radius 3 is 1.65 bits per heavy atom. The molecule has 0 saturated heterocycles. The first-order valence-corrected chi connectivity index (χ1v) is 22.5. The Balaban J connectivity index is 1.34. The van der Waals surface area contributed by atoms with Gasteiger partial charge < -0.3 is 14.2 Å². The zero-order valence-electron chi connectivity index (χ0n) is 31.0. The van der Waals surface area contributed by atoms with Crippen molar-refractivity contribution in [3.05, 3.63) is 52.2 Å². The number of thiophene rings is 4. The Morgan fingerprint density at radius 2 is 1.04 bits per heavy atom. The molecule has 51 heavy (non-hydrogen) atoms. The molecule has 0 atom stereocenters. The van der Waals surface area contributed by atoms with E-state index in [1.54, 1.807) is 11.3 Å². The van der Waals surface area contributed by atoms with E-state index >= 15 is 0 Å². The average Bonchev–Trinajstić information content (AvgIpc) is 3.89. The van der Waals surface area contributed by atoms with Crippen molar-refractivity contribution in [1.82, 2.24) is 0 Å². The fourth-order valence-corrected chi connectivity index (χ4v) is 11.9. The minimum absolute atomic E-state index is 0.689. The Kier molecular flexibility index (Phi) is 12.1. The second kappa shape index (κ2) is 16.9. The van der Waals surface area contributed by atoms with Crippen molar-refractivity contribution < 1.29 is 14.2 Å². The van der Waals surface area contributed by atoms with Gasteiger partial charge in [-0.1, -0.05) is 89.4 Å². The van der Waals surface area contributed by atoms with E-state index in [4.69, 9.17) is 14.2 Å². The second-order valence-corrected chi connectivity index (χ2v) is 18.6. The lowest BCUT2D eigenvalue weighted by atomic mass is 9.98. The van der Waals surface area contributed by atoms with E-state index in [9.17, 15) is 0 Å². The fourth-order valence-electron chi connectivity index (χ4n) is 7.31. The van der Waals surface area contributed by atoms with Crippen LogP contribution in [-0.2, 0) is 0 Å². The summed E-state index contributed by atoms with van der Waals surface area (Å²) in [6.07, 6.45) is 15.0. The molecular formula is C44H52O3S4. The molecule has 0 aliphatic heterocycles. The molecule has 0 N–H and O–H groups in total. The van der Waals surface area contributed by atoms with Crippen molar-refractivity contribution in [3.8, 4) is 26.3 Å². The van der Waals surface area contributed by atoms with E-state index in [1.807, 2.05) is 34.0 Å². The number of hydrogen-bond acceptors (Lipinski definition) is 7. The molecule has 7 aromatic rings. The lowest BCUT2D eigenvalue weighted by molar-refractivity contribution is 0.306. The predicted molar refractivity (Wildman–Crippen MR) is 229 cm³/mol. The molecule has 3 nitrogen and oxygen atoms in total. The quantitative estimate of drug-likeness (QED) is 0.0607. The van der Waals surface area contributed by atoms with Crippen molar-refractivity contribution in [2.45, 2.75) is 112 Å². The molecule has 7 rings (SSSR count). The van der Waals surface area contributed by atoms with Crippen LogP contribution in [0.4, 0.5) is 0 Å². The molecule has 0 aliphatic carbocycles. The van der Waals surface area contributed by atoms with Crippen LogP contribution in [0, 0.1) is 13.8 Å². The van der Waals surface area contributed by atoms with Gasteiger partial charge in [0.05, 0.1) is 29.4 Å². The zero-order valence-corrected chi connectivity index (χ0v) is 34.3. The number of unbranched alkanes of at least 4 members (excludes halogenated alkanes) is 10. The highest BCUT2D eigenvalue weighted by atomic mass is 32.1. The third-order valence-electron chi connectivity index (χ3n) is 9.96. The summed E-state index contributed by atoms with van der Waals surface area (Å²) in [5, 5.41) is 9.56. The molecule has 0 amide bonds. The monoisotopic (exact) mass is 756 g/mol. The van der Waals surface area contributed by atoms with Gasteiger partial charge in [0.25, 0.3) is 0 Å². The summed E-state index contributed by atoms with van der Waals surface area (Å²) < 4.78 is 23.7. The highest BCUT2D eigenvalue weighted by Crippen LogP contribution is 2.51. The summed E-state index contributed by atoms with van der Waals surface area (Å²) in [6.45, 7) is 13.2. The first-order chi connectivity index (χ1) is 25.0. The summed E-state index contributed by atoms with van der Waals surface area (Å²) in [5.41, 5.74) is 0. The number of ether oxygens (including phenoxy) is 3. The van der Waals surface area contributed by atoms with Gasteiger partial charge >= 0.3 is 0 Å². The number of hydrogen-bond donors (Lipinski definition) is 0. The highest BCUT2D eigenvalue weighted by Gasteiger charge is 2.22. The molecule has 0 aliphatic rings. The van der Waals surface area contributed by atoms with Crippen molar-refractivity contribution in [3.63, 3.8) is 0 Å². The molecule has 7 heteroatoms. The number of benzene rings is 3. The summed E-state index contributed by atoms with van der Waals surface area (Å²) in [4.78, 5) is 5.35. The topological polar surface area (TPSA) is 27.7 Å². The van der Waals surface area contributed by atoms with Crippen LogP contribution in [0.5, 0.6) is 16.6 Å². The van der Waals surface area contributed by atoms with Gasteiger partial charge in [0.15, 0.2) is 5.06 Å². The molecule has 4 heterocycles. The molecular weight excluding hydrogens is 705 g/mol. The van der Waals surface area contributed by atoms with Crippen molar-refractivity contribution in [1.29, 1.82) is 0 Å². The van der Waals surface area contributed by atoms with Gasteiger partial charge in [0.2, 0.25) is 0 Å². The molecule has 0 unspecified atom stereocenters. The summed E-state index contributed by atoms with van der Waals surface area (Å²) in [5.74, 6) is 2.02. The molecule has 3 aromatic carbocycles. The highest BCUT2D eigenvalue weighted by molar-refractivity contribution is 7.31. The fraction of sp³-hybridized carbons (Fsp3) is 0.455. The van der Waals surface area contributed by atoms with Gasteiger partial charge in [0.1, 0.15) is 11.5 Å². The summed E-state index contributed by atoms with van der Waals surface area (Å²) in [7, 11) is 0. The largest absolute Gasteiger partial charge is 0.492 e. The molecule has 0 fully saturated rings. The van der Waals surface area contributed by atoms with E-state index in [-0.39, 0.29) is 0 Å². The van der Waals surface area contributed by atoms with Gasteiger partial charge in [-0.05, 0) is 80.8 Å². The maximum absolute atomic E-state index is 6.90. The van der Waals surface area contributed by atoms with Crippen LogP contribution < -0.4 is 14.2 Å². The van der Waals surface area contributed by atoms with Crippen molar-refractivity contribution in [2.24, 2.45) is 0 Å². The number of aryl methyl sites for hydroxylation is 2. The maximum Gasteiger partial charge on any atom is 0.174 e. The number of rotatable bonds is 19. The molecule has 4 aromatic heterocycles. The first-order valence-electron chi connectivity index (χ1n) is 19.3. The predicted octanol–water partition coefficient (Wildman–Crippen LogP) is 15.9. The van der Waals surface area contributed by atoms with E-state index in [0.29, 0.717) is 6.61 Å². The molecule has 0 saturated carbocycles. The van der Waals surface area contributed by atoms with Crippen LogP contribution in [0.3, 0.4) is 0 Å². The van der Waals surface area contributed by atoms with Crippen LogP contribution >= 0.6 is 45.3 Å². The molecule has 0 bridgehead atoms. The maximum atomic E-state index is 6.90. The van der Waals surface area contributed by atoms with E-state index in [2.05, 4.69) is 77.1 Å². The molecule has 0 spiro atoms. The van der Waals surface area contributed by atoms with E-state index < -0.39 is 0 Å². The Morgan fingerprint density at radius 1 is 0.490 bits per heavy atom. The average molecular weight is 757 g/mol. The lowest BCUT2D eigenvalue weighted by Crippen LogP contribution is -2.02. The van der Waals surface area contributed by atoms with Gasteiger partial charge in [-0.25, -0.2) is 0 Å². The van der Waals surface area contributed by atoms with Gasteiger partial charge in [-0.15, -0.1) is 34.0 Å². The van der Waals surface area contributed by atoms with Crippen LogP contribution in [0.15, 0.2) is 42.5 Å². The van der Waals surface area contributed by atoms with Gasteiger partial charge in [0, 0.05) is 57.0 Å². The first kappa shape index (κ1) is 36.5. The number of fused-ring (bicyclic) bond motifs is 5. The van der Waals surface area contributed by atoms with Crippen LogP contribution in [-0.4, -0.2) is 19.8 Å². The summed E-state index contributed by atoms with van der Waals surface area (Å²) in [6, 6.07) is 16.5. The lowest BCUT2D eigenvalue weighted by Gasteiger charge is -2.19. The Bertz CT molecular complexity index is 2140. The van der Waals surface area contributed by atoms with Gasteiger partial charge in [-0.2, -0.15) is 0 Å². The van der Waals surface area contributed by atoms with E-state index in [1.165, 1.54) is 130 Å². The molecule has 0 radical (unpaired) electrons. The minimum Gasteiger partial charge on any atom is -0.492 e. The minimum atomic E-state index is 0.689. The van der Waals surface area contributed by atoms with Crippen molar-refractivity contribution in [2.75, 3.05) is 19.8 Å². The zero-order chi connectivity index (χ0) is 35.3. The Labute approximate surface area is 319 Å². The van der Waals surface area contributed by atoms with E-state index in [0.717, 1.165) is 48.0 Å².